The number of aliphatic hydroxyl groups excluding tert-OH is 1. The number of amides is 11. The molecule has 30 N–H and O–H groups in total. The first-order valence-electron chi connectivity index (χ1n) is 34.9. The van der Waals surface area contributed by atoms with E-state index in [2.05, 4.69) is 68.1 Å². The minimum atomic E-state index is -2.00. The van der Waals surface area contributed by atoms with E-state index in [4.69, 9.17) is 40.1 Å². The lowest BCUT2D eigenvalue weighted by atomic mass is 10.0. The molecular weight excluding hydrogens is 1380 g/mol. The number of carbonyl (C=O) groups is 14. The summed E-state index contributed by atoms with van der Waals surface area (Å²) in [4.78, 5) is 203. The van der Waals surface area contributed by atoms with Crippen LogP contribution in [0.2, 0.25) is 0 Å². The van der Waals surface area contributed by atoms with Crippen LogP contribution in [0, 0.1) is 0 Å². The lowest BCUT2D eigenvalue weighted by molar-refractivity contribution is -0.144. The van der Waals surface area contributed by atoms with Gasteiger partial charge in [0.05, 0.1) is 25.4 Å². The number of nitrogens with two attached hydrogens (primary N) is 7. The number of aliphatic hydroxyl groups is 1. The number of aromatic amines is 1. The van der Waals surface area contributed by atoms with Crippen molar-refractivity contribution in [3.63, 3.8) is 0 Å². The van der Waals surface area contributed by atoms with Gasteiger partial charge in [-0.15, -0.1) is 0 Å². The minimum Gasteiger partial charge on any atom is -0.508 e. The number of nitrogens with one attached hydrogen (secondary N) is 11. The molecule has 0 radical (unpaired) electrons. The fraction of sp³-hybridized carbons (Fsp3) is 0.631. The molecule has 0 aliphatic carbocycles. The molecule has 105 heavy (non-hydrogen) atoms. The summed E-state index contributed by atoms with van der Waals surface area (Å²) in [6.07, 6.45) is 3.08. The normalized spacial score (nSPS) is 15.7. The number of aliphatic imine (C=N–C) groups is 1. The van der Waals surface area contributed by atoms with Crippen LogP contribution < -0.4 is 93.3 Å². The number of likely N-dealkylation sites (tertiary alicyclic amines) is 1. The highest BCUT2D eigenvalue weighted by Crippen LogP contribution is 2.22. The number of unbranched alkanes of at least 4 members (excludes halogenated alkanes) is 4. The van der Waals surface area contributed by atoms with E-state index in [0.29, 0.717) is 62.7 Å². The molecule has 12 atom stereocenters. The third-order valence-corrected chi connectivity index (χ3v) is 16.9. The molecule has 2 heterocycles. The number of rotatable bonds is 52. The van der Waals surface area contributed by atoms with Gasteiger partial charge in [0.15, 0.2) is 5.96 Å². The second-order valence-electron chi connectivity index (χ2n) is 25.4. The number of hydrogen-bond acceptors (Lipinski definition) is 23. The van der Waals surface area contributed by atoms with E-state index in [1.807, 2.05) is 0 Å². The van der Waals surface area contributed by atoms with E-state index in [1.165, 1.54) is 43.7 Å². The largest absolute Gasteiger partial charge is 0.508 e. The number of phenols is 1. The molecule has 1 aliphatic heterocycles. The number of nitrogens with zero attached hydrogens (tertiary/aromatic N) is 3. The molecule has 0 bridgehead atoms. The monoisotopic (exact) mass is 1490 g/mol. The first kappa shape index (κ1) is 89.1. The van der Waals surface area contributed by atoms with Crippen LogP contribution in [0.5, 0.6) is 5.75 Å². The van der Waals surface area contributed by atoms with E-state index < -0.39 is 181 Å². The highest BCUT2D eigenvalue weighted by Gasteiger charge is 2.41. The second kappa shape index (κ2) is 48.0. The van der Waals surface area contributed by atoms with E-state index in [-0.39, 0.29) is 115 Å². The third-order valence-electron chi connectivity index (χ3n) is 16.9. The van der Waals surface area contributed by atoms with Gasteiger partial charge in [-0.1, -0.05) is 18.6 Å². The summed E-state index contributed by atoms with van der Waals surface area (Å²) in [5.41, 5.74) is 40.7. The number of benzene rings is 1. The van der Waals surface area contributed by atoms with Gasteiger partial charge < -0.3 is 129 Å². The van der Waals surface area contributed by atoms with Gasteiger partial charge >= 0.3 is 17.9 Å². The molecule has 0 saturated carbocycles. The Morgan fingerprint density at radius 2 is 0.990 bits per heavy atom. The van der Waals surface area contributed by atoms with Gasteiger partial charge in [-0.3, -0.25) is 67.3 Å². The summed E-state index contributed by atoms with van der Waals surface area (Å²) in [5.74, 6) is -15.8. The average molecular weight is 1490 g/mol. The molecular formula is C65H107N21O19. The van der Waals surface area contributed by atoms with Crippen LogP contribution in [0.15, 0.2) is 41.8 Å². The number of H-pyrrole nitrogens is 1. The molecule has 1 aliphatic rings. The Morgan fingerprint density at radius 1 is 0.533 bits per heavy atom. The summed E-state index contributed by atoms with van der Waals surface area (Å²) in [6.45, 7) is 0.977. The number of aromatic nitrogens is 2. The molecule has 3 rings (SSSR count). The zero-order chi connectivity index (χ0) is 78.1. The summed E-state index contributed by atoms with van der Waals surface area (Å²) >= 11 is 0. The smallest absolute Gasteiger partial charge is 0.326 e. The quantitative estimate of drug-likeness (QED) is 0.0166. The molecule has 40 nitrogen and oxygen atoms in total. The van der Waals surface area contributed by atoms with Gasteiger partial charge in [-0.25, -0.2) is 9.78 Å². The number of aliphatic carboxylic acids is 3. The molecule has 586 valence electrons. The molecule has 1 aromatic carbocycles. The maximum absolute atomic E-state index is 14.9. The number of phenolic OH excluding ortho intramolecular Hbond substituents is 1. The van der Waals surface area contributed by atoms with Crippen molar-refractivity contribution >= 4 is 88.8 Å². The van der Waals surface area contributed by atoms with E-state index in [0.717, 1.165) is 4.90 Å². The van der Waals surface area contributed by atoms with Crippen molar-refractivity contribution in [1.29, 1.82) is 0 Å². The molecule has 40 heteroatoms. The topological polar surface area (TPSA) is 687 Å². The number of carbonyl (C=O) groups excluding carboxylic acids is 11. The van der Waals surface area contributed by atoms with E-state index in [9.17, 15) is 92.7 Å². The van der Waals surface area contributed by atoms with Crippen LogP contribution in [0.4, 0.5) is 0 Å². The van der Waals surface area contributed by atoms with Crippen molar-refractivity contribution in [1.82, 2.24) is 68.0 Å². The molecule has 1 fully saturated rings. The second-order valence-corrected chi connectivity index (χ2v) is 25.4. The summed E-state index contributed by atoms with van der Waals surface area (Å²) in [7, 11) is 0. The van der Waals surface area contributed by atoms with Crippen LogP contribution >= 0.6 is 0 Å². The maximum atomic E-state index is 14.9. The summed E-state index contributed by atoms with van der Waals surface area (Å²) < 4.78 is 0. The fourth-order valence-corrected chi connectivity index (χ4v) is 11.1. The number of guanidine groups is 1. The average Bonchev–Trinajstić information content (AvgIpc) is 1.75. The Hall–Kier alpha value is -10.2. The Labute approximate surface area is 606 Å². The zero-order valence-corrected chi connectivity index (χ0v) is 59.0. The van der Waals surface area contributed by atoms with Crippen molar-refractivity contribution in [3.05, 3.63) is 48.0 Å². The Bertz CT molecular complexity index is 3200. The number of imidazole rings is 1. The number of hydrogen-bond donors (Lipinski definition) is 23. The fourth-order valence-electron chi connectivity index (χ4n) is 11.1. The Balaban J connectivity index is 1.94. The van der Waals surface area contributed by atoms with Gasteiger partial charge in [0, 0.05) is 44.2 Å². The third kappa shape index (κ3) is 33.0. The van der Waals surface area contributed by atoms with Crippen LogP contribution in [0.3, 0.4) is 0 Å². The van der Waals surface area contributed by atoms with Gasteiger partial charge in [0.25, 0.3) is 0 Å². The Kier molecular flexibility index (Phi) is 40.7. The van der Waals surface area contributed by atoms with Crippen molar-refractivity contribution in [2.75, 3.05) is 45.9 Å². The molecule has 2 aromatic rings. The van der Waals surface area contributed by atoms with Crippen LogP contribution in [-0.4, -0.2) is 248 Å². The molecule has 0 unspecified atom stereocenters. The molecule has 1 aromatic heterocycles. The lowest BCUT2D eigenvalue weighted by Gasteiger charge is -2.31. The van der Waals surface area contributed by atoms with Crippen molar-refractivity contribution in [3.8, 4) is 5.75 Å². The van der Waals surface area contributed by atoms with Crippen LogP contribution in [0.1, 0.15) is 140 Å². The standard InChI is InChI=1S/C65H107N21O19/c1-36(76-55(95)41(13-3-7-25-67)78-59(99)47(31-38-33-73-35-75-38)82-54(94)40(70)12-2-6-24-66)53(93)77-42(16-10-28-74-65(71)72)56(96)79-43(22-23-51(89)90)57(97)80-44(14-4-8-26-68)63(103)86-29-11-17-50(86)62(102)84-46(30-37-18-20-39(88)21-19-37)58(98)83-48(32-52(91)92)60(100)85-49(34-87)61(101)81-45(64(104)105)15-5-9-27-69/h18-21,33,35-36,40-50,87-88H,2-17,22-32,34,66-70H2,1H3,(H,73,75)(H,76,95)(H,77,93)(H,78,99)(H,79,96)(H,80,97)(H,81,101)(H,82,94)(H,83,98)(H,84,102)(H,85,100)(H,89,90)(H,91,92)(H,104,105)(H4,71,72,74)/t36-,40-,41-,42-,43-,44-,45-,46-,47-,48-,49-,50-/m0/s1. The SMILES string of the molecule is C[C@H](NC(=O)[C@H](CCCCN)NC(=O)[C@H](Cc1cnc[nH]1)NC(=O)[C@@H](N)CCCCN)C(=O)N[C@@H](CCCN=C(N)N)C(=O)N[C@@H](CCC(=O)O)C(=O)N[C@@H](CCCCN)C(=O)N1CCC[C@H]1C(=O)N[C@@H](Cc1ccc(O)cc1)C(=O)N[C@@H](CC(=O)O)C(=O)N[C@@H](CO)C(=O)N[C@@H](CCCCN)C(=O)O. The summed E-state index contributed by atoms with van der Waals surface area (Å²) in [5, 5.41) is 74.1. The first-order chi connectivity index (χ1) is 50.0. The van der Waals surface area contributed by atoms with Gasteiger partial charge in [0.1, 0.15) is 72.2 Å². The summed E-state index contributed by atoms with van der Waals surface area (Å²) in [6, 6.07) is -12.9. The van der Waals surface area contributed by atoms with E-state index >= 15 is 0 Å². The predicted octanol–water partition coefficient (Wildman–Crippen LogP) is -6.93. The highest BCUT2D eigenvalue weighted by atomic mass is 16.4. The number of aromatic hydroxyl groups is 1. The molecule has 1 saturated heterocycles. The zero-order valence-electron chi connectivity index (χ0n) is 59.0. The Morgan fingerprint density at radius 3 is 1.52 bits per heavy atom. The van der Waals surface area contributed by atoms with Crippen molar-refractivity contribution in [2.24, 2.45) is 45.1 Å². The molecule has 0 spiro atoms. The lowest BCUT2D eigenvalue weighted by Crippen LogP contribution is -2.61. The van der Waals surface area contributed by atoms with Crippen molar-refractivity contribution in [2.45, 2.75) is 214 Å². The maximum Gasteiger partial charge on any atom is 0.326 e. The van der Waals surface area contributed by atoms with Gasteiger partial charge in [-0.05, 0) is 154 Å². The highest BCUT2D eigenvalue weighted by molar-refractivity contribution is 6.00. The predicted molar refractivity (Wildman–Crippen MR) is 377 cm³/mol. The van der Waals surface area contributed by atoms with Crippen LogP contribution in [0.25, 0.3) is 0 Å². The minimum absolute atomic E-state index is 0.0164. The van der Waals surface area contributed by atoms with Crippen LogP contribution in [-0.2, 0) is 80.0 Å². The molecule has 11 amide bonds. The van der Waals surface area contributed by atoms with E-state index in [1.54, 1.807) is 0 Å². The first-order valence-corrected chi connectivity index (χ1v) is 34.9. The van der Waals surface area contributed by atoms with Gasteiger partial charge in [-0.2, -0.15) is 0 Å². The van der Waals surface area contributed by atoms with Crippen molar-refractivity contribution < 1.29 is 92.7 Å². The number of carboxylic acids is 3. The van der Waals surface area contributed by atoms with Gasteiger partial charge in [0.2, 0.25) is 65.0 Å². The number of carboxylic acid groups (broad SMARTS) is 3.